The van der Waals surface area contributed by atoms with Crippen molar-refractivity contribution < 1.29 is 4.74 Å². The molecule has 1 aliphatic heterocycles. The number of para-hydroxylation sites is 2. The summed E-state index contributed by atoms with van der Waals surface area (Å²) < 4.78 is 8.14. The fourth-order valence-electron chi connectivity index (χ4n) is 5.72. The molecular weight excluding hydrogens is 464 g/mol. The van der Waals surface area contributed by atoms with Gasteiger partial charge in [0.15, 0.2) is 5.11 Å². The molecular formula is C30H32N4OS. The summed E-state index contributed by atoms with van der Waals surface area (Å²) in [4.78, 5) is 6.90. The summed E-state index contributed by atoms with van der Waals surface area (Å²) in [6.45, 7) is 10.9. The van der Waals surface area contributed by atoms with E-state index in [1.54, 1.807) is 7.11 Å². The van der Waals surface area contributed by atoms with Crippen LogP contribution >= 0.6 is 12.2 Å². The smallest absolute Gasteiger partial charge is 0.174 e. The largest absolute Gasteiger partial charge is 0.495 e. The predicted molar refractivity (Wildman–Crippen MR) is 150 cm³/mol. The first-order chi connectivity index (χ1) is 17.3. The lowest BCUT2D eigenvalue weighted by Crippen LogP contribution is -2.30. The van der Waals surface area contributed by atoms with Gasteiger partial charge in [-0.3, -0.25) is 4.98 Å². The number of anilines is 1. The summed E-state index contributed by atoms with van der Waals surface area (Å²) in [5.41, 5.74) is 10.5. The van der Waals surface area contributed by atoms with E-state index in [0.717, 1.165) is 17.1 Å². The maximum atomic E-state index is 5.94. The summed E-state index contributed by atoms with van der Waals surface area (Å²) in [7, 11) is 1.70. The Hall–Kier alpha value is -3.64. The van der Waals surface area contributed by atoms with Crippen LogP contribution in [0.3, 0.4) is 0 Å². The van der Waals surface area contributed by atoms with Crippen LogP contribution in [-0.2, 0) is 0 Å². The number of rotatable bonds is 5. The molecule has 5 nitrogen and oxygen atoms in total. The van der Waals surface area contributed by atoms with Gasteiger partial charge in [0.25, 0.3) is 0 Å². The number of aromatic nitrogens is 2. The molecule has 1 N–H and O–H groups in total. The van der Waals surface area contributed by atoms with Crippen molar-refractivity contribution in [3.8, 4) is 11.4 Å². The van der Waals surface area contributed by atoms with E-state index in [9.17, 15) is 0 Å². The quantitative estimate of drug-likeness (QED) is 0.315. The first kappa shape index (κ1) is 24.1. The van der Waals surface area contributed by atoms with E-state index in [2.05, 4.69) is 79.7 Å². The van der Waals surface area contributed by atoms with E-state index in [1.807, 2.05) is 36.5 Å². The topological polar surface area (TPSA) is 42.3 Å². The Labute approximate surface area is 218 Å². The third kappa shape index (κ3) is 3.95. The van der Waals surface area contributed by atoms with Crippen LogP contribution in [0.25, 0.3) is 5.69 Å². The number of hydrogen-bond donors (Lipinski definition) is 1. The zero-order valence-corrected chi connectivity index (χ0v) is 22.5. The first-order valence-electron chi connectivity index (χ1n) is 12.2. The second-order valence-corrected chi connectivity index (χ2v) is 9.96. The standard InChI is InChI=1S/C30H32N4OS/c1-18-15-19(2)28(20(3)16-18)33-21(4)17-23(22(33)5)29-27(24-11-9-10-14-31-24)32-30(36)34(29)25-12-7-8-13-26(25)35-6/h7-17,27,29H,1-6H3,(H,32,36). The van der Waals surface area contributed by atoms with Crippen LogP contribution in [0.1, 0.15) is 51.4 Å². The van der Waals surface area contributed by atoms with Gasteiger partial charge >= 0.3 is 0 Å². The van der Waals surface area contributed by atoms with E-state index in [-0.39, 0.29) is 12.1 Å². The minimum absolute atomic E-state index is 0.102. The summed E-state index contributed by atoms with van der Waals surface area (Å²) in [6, 6.07) is 20.7. The molecule has 1 saturated heterocycles. The van der Waals surface area contributed by atoms with E-state index in [4.69, 9.17) is 21.9 Å². The van der Waals surface area contributed by atoms with Crippen LogP contribution in [0, 0.1) is 34.6 Å². The van der Waals surface area contributed by atoms with Crippen LogP contribution < -0.4 is 15.0 Å². The van der Waals surface area contributed by atoms with Crippen LogP contribution in [0.5, 0.6) is 5.75 Å². The molecule has 0 amide bonds. The van der Waals surface area contributed by atoms with Gasteiger partial charge in [0, 0.05) is 17.6 Å². The zero-order valence-electron chi connectivity index (χ0n) is 21.7. The number of hydrogen-bond acceptors (Lipinski definition) is 3. The molecule has 3 heterocycles. The highest BCUT2D eigenvalue weighted by Gasteiger charge is 2.43. The summed E-state index contributed by atoms with van der Waals surface area (Å²) >= 11 is 5.94. The molecule has 6 heteroatoms. The number of nitrogens with zero attached hydrogens (tertiary/aromatic N) is 3. The monoisotopic (exact) mass is 496 g/mol. The molecule has 1 aliphatic rings. The number of methoxy groups -OCH3 is 1. The Kier molecular flexibility index (Phi) is 6.31. The van der Waals surface area contributed by atoms with E-state index in [1.165, 1.54) is 39.3 Å². The summed E-state index contributed by atoms with van der Waals surface area (Å²) in [5.74, 6) is 0.785. The van der Waals surface area contributed by atoms with Gasteiger partial charge in [0.05, 0.1) is 36.3 Å². The molecule has 2 unspecified atom stereocenters. The molecule has 0 bridgehead atoms. The average Bonchev–Trinajstić information content (AvgIpc) is 3.34. The molecule has 36 heavy (non-hydrogen) atoms. The Morgan fingerprint density at radius 1 is 0.917 bits per heavy atom. The molecule has 2 aromatic heterocycles. The van der Waals surface area contributed by atoms with E-state index in [0.29, 0.717) is 5.11 Å². The van der Waals surface area contributed by atoms with Crippen LogP contribution in [0.2, 0.25) is 0 Å². The molecule has 0 saturated carbocycles. The Morgan fingerprint density at radius 3 is 2.28 bits per heavy atom. The van der Waals surface area contributed by atoms with Crippen molar-refractivity contribution in [1.82, 2.24) is 14.9 Å². The van der Waals surface area contributed by atoms with Gasteiger partial charge in [-0.15, -0.1) is 0 Å². The number of thiocarbonyl (C=S) groups is 1. The lowest BCUT2D eigenvalue weighted by atomic mass is 9.96. The Morgan fingerprint density at radius 2 is 1.61 bits per heavy atom. The molecule has 4 aromatic rings. The molecule has 2 atom stereocenters. The normalized spacial score (nSPS) is 17.4. The Balaban J connectivity index is 1.73. The third-order valence-corrected chi connectivity index (χ3v) is 7.41. The van der Waals surface area contributed by atoms with Crippen molar-refractivity contribution in [3.05, 3.63) is 106 Å². The zero-order chi connectivity index (χ0) is 25.6. The van der Waals surface area contributed by atoms with E-state index < -0.39 is 0 Å². The number of pyridine rings is 1. The van der Waals surface area contributed by atoms with Crippen molar-refractivity contribution in [3.63, 3.8) is 0 Å². The van der Waals surface area contributed by atoms with Gasteiger partial charge in [-0.05, 0) is 93.9 Å². The third-order valence-electron chi connectivity index (χ3n) is 7.09. The SMILES string of the molecule is COc1ccccc1N1C(=S)NC(c2ccccn2)C1c1cc(C)n(-c2c(C)cc(C)cc2C)c1C. The highest BCUT2D eigenvalue weighted by Crippen LogP contribution is 2.46. The van der Waals surface area contributed by atoms with Crippen LogP contribution in [0.4, 0.5) is 5.69 Å². The van der Waals surface area contributed by atoms with Crippen molar-refractivity contribution in [2.24, 2.45) is 0 Å². The lowest BCUT2D eigenvalue weighted by Gasteiger charge is -2.29. The van der Waals surface area contributed by atoms with Gasteiger partial charge in [-0.25, -0.2) is 0 Å². The van der Waals surface area contributed by atoms with E-state index >= 15 is 0 Å². The lowest BCUT2D eigenvalue weighted by molar-refractivity contribution is 0.414. The van der Waals surface area contributed by atoms with Gasteiger partial charge in [-0.1, -0.05) is 35.9 Å². The molecule has 1 fully saturated rings. The second-order valence-electron chi connectivity index (χ2n) is 9.58. The van der Waals surface area contributed by atoms with Crippen molar-refractivity contribution in [1.29, 1.82) is 0 Å². The second kappa shape index (κ2) is 9.43. The average molecular weight is 497 g/mol. The van der Waals surface area contributed by atoms with Crippen molar-refractivity contribution in [2.75, 3.05) is 12.0 Å². The predicted octanol–water partition coefficient (Wildman–Crippen LogP) is 6.60. The molecule has 0 aliphatic carbocycles. The fraction of sp³-hybridized carbons (Fsp3) is 0.267. The maximum absolute atomic E-state index is 5.94. The van der Waals surface area contributed by atoms with Gasteiger partial charge in [-0.2, -0.15) is 0 Å². The summed E-state index contributed by atoms with van der Waals surface area (Å²) in [5, 5.41) is 4.23. The molecule has 184 valence electrons. The van der Waals surface area contributed by atoms with Gasteiger partial charge in [0.1, 0.15) is 5.75 Å². The molecule has 0 radical (unpaired) electrons. The molecule has 5 rings (SSSR count). The van der Waals surface area contributed by atoms with Gasteiger partial charge < -0.3 is 19.5 Å². The highest BCUT2D eigenvalue weighted by atomic mass is 32.1. The number of benzene rings is 2. The van der Waals surface area contributed by atoms with Crippen LogP contribution in [0.15, 0.2) is 66.9 Å². The minimum atomic E-state index is -0.113. The number of ether oxygens (including phenoxy) is 1. The maximum Gasteiger partial charge on any atom is 0.174 e. The molecule has 2 aromatic carbocycles. The number of aryl methyl sites for hydroxylation is 4. The van der Waals surface area contributed by atoms with Crippen molar-refractivity contribution in [2.45, 2.75) is 46.7 Å². The van der Waals surface area contributed by atoms with Crippen LogP contribution in [-0.4, -0.2) is 21.8 Å². The highest BCUT2D eigenvalue weighted by molar-refractivity contribution is 7.80. The molecule has 0 spiro atoms. The minimum Gasteiger partial charge on any atom is -0.495 e. The fourth-order valence-corrected chi connectivity index (χ4v) is 6.05. The summed E-state index contributed by atoms with van der Waals surface area (Å²) in [6.07, 6.45) is 1.84. The van der Waals surface area contributed by atoms with Gasteiger partial charge in [0.2, 0.25) is 0 Å². The van der Waals surface area contributed by atoms with Crippen molar-refractivity contribution >= 4 is 23.0 Å². The first-order valence-corrected chi connectivity index (χ1v) is 12.6. The Bertz CT molecular complexity index is 1420. The number of nitrogens with one attached hydrogen (secondary N) is 1.